The van der Waals surface area contributed by atoms with Gasteiger partial charge in [-0.2, -0.15) is 0 Å². The van der Waals surface area contributed by atoms with E-state index in [2.05, 4.69) is 38.4 Å². The number of rotatable bonds is 1. The van der Waals surface area contributed by atoms with Gasteiger partial charge < -0.3 is 0 Å². The molecule has 0 fully saturated rings. The van der Waals surface area contributed by atoms with Crippen molar-refractivity contribution in [1.29, 1.82) is 0 Å². The monoisotopic (exact) mass is 266 g/mol. The minimum Gasteiger partial charge on any atom is -0.258 e. The van der Waals surface area contributed by atoms with Crippen LogP contribution in [0.5, 0.6) is 0 Å². The van der Waals surface area contributed by atoms with Crippen LogP contribution in [-0.4, -0.2) is 9.91 Å². The molecule has 5 heteroatoms. The van der Waals surface area contributed by atoms with E-state index in [1.54, 1.807) is 6.07 Å². The number of aryl methyl sites for hydroxylation is 1. The van der Waals surface area contributed by atoms with Crippen LogP contribution in [0.3, 0.4) is 0 Å². The minimum atomic E-state index is -0.406. The van der Waals surface area contributed by atoms with Crippen LogP contribution in [0.4, 0.5) is 5.69 Å². The molecule has 0 spiro atoms. The standard InChI is InChI=1S/C13H18N2O2S/c1-13(2,3)9-4-5-10-8(6-9)7-11(15(16)17)12(18)14-10/h7,9H,4-6H2,1-3H3,(H,14,18). The number of pyridine rings is 1. The predicted octanol–water partition coefficient (Wildman–Crippen LogP) is 3.43. The van der Waals surface area contributed by atoms with Crippen molar-refractivity contribution in [2.24, 2.45) is 11.3 Å². The summed E-state index contributed by atoms with van der Waals surface area (Å²) in [5.74, 6) is 0.553. The summed E-state index contributed by atoms with van der Waals surface area (Å²) in [6, 6.07) is 1.66. The molecule has 0 amide bonds. The van der Waals surface area contributed by atoms with E-state index in [1.165, 1.54) is 0 Å². The van der Waals surface area contributed by atoms with Crippen molar-refractivity contribution >= 4 is 18.3 Å². The zero-order valence-electron chi connectivity index (χ0n) is 10.9. The molecule has 18 heavy (non-hydrogen) atoms. The lowest BCUT2D eigenvalue weighted by atomic mass is 9.71. The van der Waals surface area contributed by atoms with E-state index in [-0.39, 0.29) is 16.1 Å². The summed E-state index contributed by atoms with van der Waals surface area (Å²) >= 11 is 4.10. The fourth-order valence-corrected chi connectivity index (χ4v) is 2.78. The molecule has 0 radical (unpaired) electrons. The van der Waals surface area contributed by atoms with Crippen LogP contribution >= 0.6 is 12.6 Å². The SMILES string of the molecule is CC(C)(C)C1CCc2nc(S)c([N+](=O)[O-])cc2C1. The average molecular weight is 266 g/mol. The van der Waals surface area contributed by atoms with Gasteiger partial charge in [0, 0.05) is 11.8 Å². The summed E-state index contributed by atoms with van der Waals surface area (Å²) in [4.78, 5) is 14.8. The Hall–Kier alpha value is -1.10. The Labute approximate surface area is 112 Å². The highest BCUT2D eigenvalue weighted by molar-refractivity contribution is 7.80. The lowest BCUT2D eigenvalue weighted by Gasteiger charge is -2.34. The Morgan fingerprint density at radius 2 is 2.17 bits per heavy atom. The molecule has 0 aliphatic heterocycles. The van der Waals surface area contributed by atoms with Gasteiger partial charge in [-0.3, -0.25) is 10.1 Å². The highest BCUT2D eigenvalue weighted by Crippen LogP contribution is 2.38. The van der Waals surface area contributed by atoms with E-state index in [1.807, 2.05) is 0 Å². The summed E-state index contributed by atoms with van der Waals surface area (Å²) in [5, 5.41) is 11.1. The van der Waals surface area contributed by atoms with Crippen LogP contribution in [0, 0.1) is 21.4 Å². The van der Waals surface area contributed by atoms with Gasteiger partial charge in [0.1, 0.15) is 0 Å². The minimum absolute atomic E-state index is 0.0200. The third-order valence-electron chi connectivity index (χ3n) is 3.77. The second-order valence-electron chi connectivity index (χ2n) is 6.00. The van der Waals surface area contributed by atoms with Crippen molar-refractivity contribution in [3.63, 3.8) is 0 Å². The van der Waals surface area contributed by atoms with Gasteiger partial charge in [-0.15, -0.1) is 12.6 Å². The third-order valence-corrected chi connectivity index (χ3v) is 4.10. The van der Waals surface area contributed by atoms with Gasteiger partial charge in [-0.1, -0.05) is 20.8 Å². The van der Waals surface area contributed by atoms with Crippen molar-refractivity contribution in [1.82, 2.24) is 4.98 Å². The summed E-state index contributed by atoms with van der Waals surface area (Å²) in [6.45, 7) is 6.66. The van der Waals surface area contributed by atoms with E-state index in [0.29, 0.717) is 5.92 Å². The topological polar surface area (TPSA) is 56.0 Å². The molecule has 1 atom stereocenters. The summed E-state index contributed by atoms with van der Waals surface area (Å²) in [6.07, 6.45) is 2.86. The molecule has 0 saturated heterocycles. The quantitative estimate of drug-likeness (QED) is 0.481. The Morgan fingerprint density at radius 1 is 1.50 bits per heavy atom. The molecule has 1 aliphatic carbocycles. The number of fused-ring (bicyclic) bond motifs is 1. The predicted molar refractivity (Wildman–Crippen MR) is 73.1 cm³/mol. The molecule has 0 N–H and O–H groups in total. The second kappa shape index (κ2) is 4.53. The van der Waals surface area contributed by atoms with Crippen LogP contribution in [0.2, 0.25) is 0 Å². The normalized spacial score (nSPS) is 19.4. The molecule has 1 aliphatic rings. The van der Waals surface area contributed by atoms with E-state index in [4.69, 9.17) is 0 Å². The Bertz CT molecular complexity index is 494. The fourth-order valence-electron chi connectivity index (χ4n) is 2.52. The van der Waals surface area contributed by atoms with Crippen LogP contribution in [0.1, 0.15) is 38.4 Å². The van der Waals surface area contributed by atoms with Gasteiger partial charge in [0.05, 0.1) is 4.92 Å². The molecule has 1 aromatic heterocycles. The lowest BCUT2D eigenvalue weighted by molar-refractivity contribution is -0.388. The molecular formula is C13H18N2O2S. The maximum atomic E-state index is 10.9. The van der Waals surface area contributed by atoms with Crippen molar-refractivity contribution in [3.8, 4) is 0 Å². The van der Waals surface area contributed by atoms with Gasteiger partial charge >= 0.3 is 5.69 Å². The van der Waals surface area contributed by atoms with Crippen LogP contribution < -0.4 is 0 Å². The van der Waals surface area contributed by atoms with E-state index in [9.17, 15) is 10.1 Å². The van der Waals surface area contributed by atoms with E-state index in [0.717, 1.165) is 30.5 Å². The first kappa shape index (κ1) is 13.3. The van der Waals surface area contributed by atoms with Crippen LogP contribution in [0.25, 0.3) is 0 Å². The Morgan fingerprint density at radius 3 is 2.72 bits per heavy atom. The average Bonchev–Trinajstić information content (AvgIpc) is 2.25. The number of thiol groups is 1. The first-order chi connectivity index (χ1) is 8.29. The van der Waals surface area contributed by atoms with Gasteiger partial charge in [0.2, 0.25) is 0 Å². The highest BCUT2D eigenvalue weighted by atomic mass is 32.1. The molecule has 1 heterocycles. The number of hydrogen-bond acceptors (Lipinski definition) is 4. The van der Waals surface area contributed by atoms with Crippen LogP contribution in [0.15, 0.2) is 11.1 Å². The molecule has 0 bridgehead atoms. The zero-order chi connectivity index (χ0) is 13.5. The van der Waals surface area contributed by atoms with Gasteiger partial charge in [-0.25, -0.2) is 4.98 Å². The largest absolute Gasteiger partial charge is 0.301 e. The third kappa shape index (κ3) is 2.51. The van der Waals surface area contributed by atoms with Gasteiger partial charge in [0.15, 0.2) is 5.03 Å². The Balaban J connectivity index is 2.37. The molecular weight excluding hydrogens is 248 g/mol. The summed E-state index contributed by atoms with van der Waals surface area (Å²) in [5.41, 5.74) is 2.25. The fraction of sp³-hybridized carbons (Fsp3) is 0.615. The molecule has 1 aromatic rings. The van der Waals surface area contributed by atoms with Crippen LogP contribution in [-0.2, 0) is 12.8 Å². The number of nitrogens with zero attached hydrogens (tertiary/aromatic N) is 2. The second-order valence-corrected chi connectivity index (χ2v) is 6.42. The van der Waals surface area contributed by atoms with Crippen molar-refractivity contribution < 1.29 is 4.92 Å². The van der Waals surface area contributed by atoms with E-state index < -0.39 is 4.92 Å². The maximum absolute atomic E-state index is 10.9. The summed E-state index contributed by atoms with van der Waals surface area (Å²) < 4.78 is 0. The highest BCUT2D eigenvalue weighted by Gasteiger charge is 2.30. The Kier molecular flexibility index (Phi) is 3.36. The molecule has 0 aromatic carbocycles. The van der Waals surface area contributed by atoms with E-state index >= 15 is 0 Å². The smallest absolute Gasteiger partial charge is 0.258 e. The van der Waals surface area contributed by atoms with Gasteiger partial charge in [-0.05, 0) is 36.2 Å². The summed E-state index contributed by atoms with van der Waals surface area (Å²) in [7, 11) is 0. The molecule has 98 valence electrons. The maximum Gasteiger partial charge on any atom is 0.301 e. The van der Waals surface area contributed by atoms with Crippen molar-refractivity contribution in [3.05, 3.63) is 27.4 Å². The zero-order valence-corrected chi connectivity index (χ0v) is 11.8. The lowest BCUT2D eigenvalue weighted by Crippen LogP contribution is -2.27. The first-order valence-electron chi connectivity index (χ1n) is 6.15. The number of nitro groups is 1. The molecule has 0 saturated carbocycles. The van der Waals surface area contributed by atoms with Crippen molar-refractivity contribution in [2.75, 3.05) is 0 Å². The first-order valence-corrected chi connectivity index (χ1v) is 6.60. The molecule has 1 unspecified atom stereocenters. The van der Waals surface area contributed by atoms with Gasteiger partial charge in [0.25, 0.3) is 0 Å². The molecule has 4 nitrogen and oxygen atoms in total. The number of aromatic nitrogens is 1. The number of hydrogen-bond donors (Lipinski definition) is 1. The molecule has 2 rings (SSSR count). The van der Waals surface area contributed by atoms with Crippen molar-refractivity contribution in [2.45, 2.75) is 45.1 Å².